The van der Waals surface area contributed by atoms with Crippen molar-refractivity contribution >= 4 is 57.4 Å². The van der Waals surface area contributed by atoms with Gasteiger partial charge in [-0.15, -0.1) is 11.3 Å². The number of hydrogen-bond acceptors (Lipinski definition) is 4. The van der Waals surface area contributed by atoms with Crippen molar-refractivity contribution < 1.29 is 14.7 Å². The van der Waals surface area contributed by atoms with E-state index < -0.39 is 12.0 Å². The zero-order valence-electron chi connectivity index (χ0n) is 9.68. The van der Waals surface area contributed by atoms with Crippen molar-refractivity contribution in [3.8, 4) is 0 Å². The van der Waals surface area contributed by atoms with E-state index in [1.165, 1.54) is 23.5 Å². The predicted molar refractivity (Wildman–Crippen MR) is 78.2 cm³/mol. The fourth-order valence-corrected chi connectivity index (χ4v) is 2.45. The van der Waals surface area contributed by atoms with E-state index in [0.29, 0.717) is 5.13 Å². The van der Waals surface area contributed by atoms with E-state index in [9.17, 15) is 9.59 Å². The molecule has 0 fully saturated rings. The van der Waals surface area contributed by atoms with Gasteiger partial charge in [-0.25, -0.2) is 14.6 Å². The van der Waals surface area contributed by atoms with Crippen molar-refractivity contribution in [3.63, 3.8) is 0 Å². The lowest BCUT2D eigenvalue weighted by Gasteiger charge is -2.10. The second-order valence-electron chi connectivity index (χ2n) is 3.54. The molecule has 6 nitrogen and oxygen atoms in total. The van der Waals surface area contributed by atoms with Crippen LogP contribution in [0.15, 0.2) is 23.7 Å². The molecule has 1 heterocycles. The van der Waals surface area contributed by atoms with Crippen molar-refractivity contribution in [2.45, 2.75) is 0 Å². The second kappa shape index (κ2) is 6.08. The average Bonchev–Trinajstić information content (AvgIpc) is 2.86. The Bertz CT molecular complexity index is 638. The SMILES string of the molecule is O=C(Nc1nccs1)Nc1c(Cl)cc(C(=O)O)cc1Cl. The lowest BCUT2D eigenvalue weighted by molar-refractivity contribution is 0.0697. The smallest absolute Gasteiger partial charge is 0.335 e. The van der Waals surface area contributed by atoms with Crippen LogP contribution in [-0.2, 0) is 0 Å². The van der Waals surface area contributed by atoms with Gasteiger partial charge in [0, 0.05) is 11.6 Å². The highest BCUT2D eigenvalue weighted by molar-refractivity contribution is 7.13. The van der Waals surface area contributed by atoms with Gasteiger partial charge in [-0.2, -0.15) is 0 Å². The van der Waals surface area contributed by atoms with Crippen LogP contribution in [-0.4, -0.2) is 22.1 Å². The van der Waals surface area contributed by atoms with Crippen molar-refractivity contribution in [2.75, 3.05) is 10.6 Å². The summed E-state index contributed by atoms with van der Waals surface area (Å²) in [5.41, 5.74) is 0.0678. The maximum atomic E-state index is 11.7. The summed E-state index contributed by atoms with van der Waals surface area (Å²) in [6, 6.07) is 1.83. The molecule has 9 heteroatoms. The number of nitrogens with one attached hydrogen (secondary N) is 2. The van der Waals surface area contributed by atoms with Gasteiger partial charge < -0.3 is 10.4 Å². The first-order valence-electron chi connectivity index (χ1n) is 5.17. The first kappa shape index (κ1) is 14.6. The highest BCUT2D eigenvalue weighted by Gasteiger charge is 2.14. The van der Waals surface area contributed by atoms with E-state index in [4.69, 9.17) is 28.3 Å². The molecule has 0 saturated carbocycles. The zero-order chi connectivity index (χ0) is 14.7. The highest BCUT2D eigenvalue weighted by atomic mass is 35.5. The van der Waals surface area contributed by atoms with Crippen LogP contribution in [0.25, 0.3) is 0 Å². The molecule has 0 spiro atoms. The summed E-state index contributed by atoms with van der Waals surface area (Å²) in [7, 11) is 0. The van der Waals surface area contributed by atoms with Crippen LogP contribution in [0.1, 0.15) is 10.4 Å². The maximum Gasteiger partial charge on any atom is 0.335 e. The molecule has 0 aliphatic carbocycles. The minimum Gasteiger partial charge on any atom is -0.478 e. The van der Waals surface area contributed by atoms with Crippen LogP contribution < -0.4 is 10.6 Å². The van der Waals surface area contributed by atoms with Gasteiger partial charge in [-0.3, -0.25) is 5.32 Å². The average molecular weight is 332 g/mol. The van der Waals surface area contributed by atoms with Crippen molar-refractivity contribution in [3.05, 3.63) is 39.3 Å². The van der Waals surface area contributed by atoms with Gasteiger partial charge in [0.25, 0.3) is 0 Å². The molecular formula is C11H7Cl2N3O3S. The zero-order valence-corrected chi connectivity index (χ0v) is 12.0. The molecule has 0 radical (unpaired) electrons. The molecular weight excluding hydrogens is 325 g/mol. The number of amides is 2. The minimum atomic E-state index is -1.16. The Labute approximate surface area is 127 Å². The normalized spacial score (nSPS) is 10.1. The molecule has 0 unspecified atom stereocenters. The van der Waals surface area contributed by atoms with E-state index in [1.54, 1.807) is 11.6 Å². The molecule has 1 aromatic carbocycles. The maximum absolute atomic E-state index is 11.7. The summed E-state index contributed by atoms with van der Waals surface area (Å²) in [5, 5.41) is 16.0. The van der Waals surface area contributed by atoms with E-state index in [1.807, 2.05) is 0 Å². The van der Waals surface area contributed by atoms with Gasteiger partial charge in [0.05, 0.1) is 21.3 Å². The summed E-state index contributed by atoms with van der Waals surface area (Å²) in [5.74, 6) is -1.16. The number of anilines is 2. The lowest BCUT2D eigenvalue weighted by Crippen LogP contribution is -2.19. The first-order valence-corrected chi connectivity index (χ1v) is 6.81. The standard InChI is InChI=1S/C11H7Cl2N3O3S/c12-6-3-5(9(17)18)4-7(13)8(6)15-10(19)16-11-14-1-2-20-11/h1-4H,(H,17,18)(H2,14,15,16,19). The van der Waals surface area contributed by atoms with Crippen molar-refractivity contribution in [1.82, 2.24) is 4.98 Å². The molecule has 3 N–H and O–H groups in total. The van der Waals surface area contributed by atoms with Crippen molar-refractivity contribution in [2.24, 2.45) is 0 Å². The van der Waals surface area contributed by atoms with Gasteiger partial charge >= 0.3 is 12.0 Å². The molecule has 2 amide bonds. The highest BCUT2D eigenvalue weighted by Crippen LogP contribution is 2.32. The number of carboxylic acid groups (broad SMARTS) is 1. The van der Waals surface area contributed by atoms with Gasteiger partial charge in [-0.05, 0) is 12.1 Å². The Kier molecular flexibility index (Phi) is 4.43. The summed E-state index contributed by atoms with van der Waals surface area (Å²) in [6.45, 7) is 0. The second-order valence-corrected chi connectivity index (χ2v) is 5.25. The number of urea groups is 1. The van der Waals surface area contributed by atoms with Gasteiger partial charge in [0.15, 0.2) is 5.13 Å². The Balaban J connectivity index is 2.17. The topological polar surface area (TPSA) is 91.3 Å². The third-order valence-electron chi connectivity index (χ3n) is 2.18. The third kappa shape index (κ3) is 3.38. The molecule has 0 saturated heterocycles. The minimum absolute atomic E-state index is 0.0317. The molecule has 0 atom stereocenters. The van der Waals surface area contributed by atoms with Crippen LogP contribution in [0, 0.1) is 0 Å². The number of hydrogen-bond donors (Lipinski definition) is 3. The number of carbonyl (C=O) groups excluding carboxylic acids is 1. The summed E-state index contributed by atoms with van der Waals surface area (Å²) >= 11 is 13.1. The number of aromatic carboxylic acids is 1. The number of aromatic nitrogens is 1. The van der Waals surface area contributed by atoms with Crippen LogP contribution >= 0.6 is 34.5 Å². The number of nitrogens with zero attached hydrogens (tertiary/aromatic N) is 1. The number of benzene rings is 1. The molecule has 0 aliphatic rings. The van der Waals surface area contributed by atoms with Crippen LogP contribution in [0.2, 0.25) is 10.0 Å². The molecule has 2 rings (SSSR count). The lowest BCUT2D eigenvalue weighted by atomic mass is 10.2. The molecule has 104 valence electrons. The van der Waals surface area contributed by atoms with Crippen LogP contribution in [0.4, 0.5) is 15.6 Å². The Morgan fingerprint density at radius 1 is 1.20 bits per heavy atom. The number of halogens is 2. The van der Waals surface area contributed by atoms with E-state index in [-0.39, 0.29) is 21.3 Å². The van der Waals surface area contributed by atoms with Gasteiger partial charge in [-0.1, -0.05) is 23.2 Å². The predicted octanol–water partition coefficient (Wildman–Crippen LogP) is 3.79. The summed E-state index contributed by atoms with van der Waals surface area (Å²) in [6.07, 6.45) is 1.54. The summed E-state index contributed by atoms with van der Waals surface area (Å²) < 4.78 is 0. The Morgan fingerprint density at radius 2 is 1.85 bits per heavy atom. The molecule has 1 aromatic heterocycles. The quantitative estimate of drug-likeness (QED) is 0.797. The van der Waals surface area contributed by atoms with Gasteiger partial charge in [0.1, 0.15) is 0 Å². The van der Waals surface area contributed by atoms with E-state index in [0.717, 1.165) is 0 Å². The number of carboxylic acids is 1. The number of carbonyl (C=O) groups is 2. The molecule has 0 bridgehead atoms. The number of rotatable bonds is 3. The fraction of sp³-hybridized carbons (Fsp3) is 0. The number of thiazole rings is 1. The van der Waals surface area contributed by atoms with E-state index in [2.05, 4.69) is 15.6 Å². The monoisotopic (exact) mass is 331 g/mol. The van der Waals surface area contributed by atoms with Crippen LogP contribution in [0.5, 0.6) is 0 Å². The molecule has 0 aliphatic heterocycles. The Hall–Kier alpha value is -1.83. The fourth-order valence-electron chi connectivity index (χ4n) is 1.34. The van der Waals surface area contributed by atoms with E-state index >= 15 is 0 Å². The van der Waals surface area contributed by atoms with Crippen LogP contribution in [0.3, 0.4) is 0 Å². The Morgan fingerprint density at radius 3 is 2.35 bits per heavy atom. The third-order valence-corrected chi connectivity index (χ3v) is 3.47. The largest absolute Gasteiger partial charge is 0.478 e. The first-order chi connectivity index (χ1) is 9.47. The van der Waals surface area contributed by atoms with Gasteiger partial charge in [0.2, 0.25) is 0 Å². The van der Waals surface area contributed by atoms with Crippen molar-refractivity contribution in [1.29, 1.82) is 0 Å². The summed E-state index contributed by atoms with van der Waals surface area (Å²) in [4.78, 5) is 26.4. The molecule has 2 aromatic rings. The molecule has 20 heavy (non-hydrogen) atoms.